The molecule has 0 bridgehead atoms. The number of carboxylic acid groups (broad SMARTS) is 1. The minimum Gasteiger partial charge on any atom is -0.481 e. The van der Waals surface area contributed by atoms with Crippen molar-refractivity contribution in [3.63, 3.8) is 0 Å². The molecule has 2 aromatic heterocycles. The summed E-state index contributed by atoms with van der Waals surface area (Å²) in [6, 6.07) is 2.16. The number of rotatable bonds is 6. The highest BCUT2D eigenvalue weighted by Gasteiger charge is 2.23. The third-order valence-corrected chi connectivity index (χ3v) is 6.57. The zero-order chi connectivity index (χ0) is 21.5. The van der Waals surface area contributed by atoms with E-state index < -0.39 is 5.97 Å². The number of aliphatic carboxylic acids is 1. The van der Waals surface area contributed by atoms with E-state index in [-0.39, 0.29) is 5.92 Å². The molecule has 2 aliphatic rings. The zero-order valence-electron chi connectivity index (χ0n) is 18.0. The third-order valence-electron chi connectivity index (χ3n) is 5.56. The number of likely N-dealkylation sites (tertiary alicyclic amines) is 1. The molecule has 8 heteroatoms. The molecule has 1 fully saturated rings. The van der Waals surface area contributed by atoms with Crippen LogP contribution in [-0.2, 0) is 11.3 Å². The van der Waals surface area contributed by atoms with Crippen molar-refractivity contribution in [3.05, 3.63) is 30.2 Å². The fourth-order valence-corrected chi connectivity index (χ4v) is 4.58. The molecule has 162 valence electrons. The molecule has 0 radical (unpaired) electrons. The van der Waals surface area contributed by atoms with Crippen LogP contribution in [-0.4, -0.2) is 44.0 Å². The highest BCUT2D eigenvalue weighted by atomic mass is 32.2. The van der Waals surface area contributed by atoms with E-state index >= 15 is 0 Å². The van der Waals surface area contributed by atoms with Gasteiger partial charge in [0, 0.05) is 25.1 Å². The summed E-state index contributed by atoms with van der Waals surface area (Å²) in [6.07, 6.45) is 9.42. The number of carboxylic acids is 1. The quantitative estimate of drug-likeness (QED) is 0.576. The van der Waals surface area contributed by atoms with Gasteiger partial charge in [-0.25, -0.2) is 15.0 Å². The fraction of sp³-hybridized carbons (Fsp3) is 0.545. The first-order valence-electron chi connectivity index (χ1n) is 10.8. The van der Waals surface area contributed by atoms with Gasteiger partial charge >= 0.3 is 5.97 Å². The second kappa shape index (κ2) is 10.7. The standard InChI is InChI=1S/C20H25N5O2S.C2H6/c1-13(20(26)27)2-3-14-4-8-25(9-5-14)12-15-10-16-18(23-11-15)28-19-17(24-16)21-6-7-22-19;1-2/h6-7,10-11,13-14H,2-5,8-9,12H2,1H3,(H,21,24)(H,26,27);1-2H3. The van der Waals surface area contributed by atoms with Gasteiger partial charge in [0.05, 0.1) is 11.6 Å². The summed E-state index contributed by atoms with van der Waals surface area (Å²) in [4.78, 5) is 26.7. The van der Waals surface area contributed by atoms with E-state index in [0.717, 1.165) is 66.9 Å². The number of piperidine rings is 1. The average Bonchev–Trinajstić information content (AvgIpc) is 2.78. The van der Waals surface area contributed by atoms with E-state index in [0.29, 0.717) is 5.92 Å². The van der Waals surface area contributed by atoms with Crippen molar-refractivity contribution in [2.75, 3.05) is 18.4 Å². The summed E-state index contributed by atoms with van der Waals surface area (Å²) < 4.78 is 0. The molecule has 1 atom stereocenters. The van der Waals surface area contributed by atoms with Crippen LogP contribution in [0, 0.1) is 11.8 Å². The molecule has 2 aromatic rings. The largest absolute Gasteiger partial charge is 0.481 e. The van der Waals surface area contributed by atoms with Crippen LogP contribution in [0.2, 0.25) is 0 Å². The number of nitrogens with one attached hydrogen (secondary N) is 1. The molecule has 0 aromatic carbocycles. The van der Waals surface area contributed by atoms with Gasteiger partial charge in [0.25, 0.3) is 0 Å². The summed E-state index contributed by atoms with van der Waals surface area (Å²) in [6.45, 7) is 8.80. The van der Waals surface area contributed by atoms with Crippen LogP contribution >= 0.6 is 11.8 Å². The van der Waals surface area contributed by atoms with Crippen molar-refractivity contribution in [3.8, 4) is 0 Å². The SMILES string of the molecule is CC.CC(CCC1CCN(Cc2cnc3c(c2)Nc2nccnc2S3)CC1)C(=O)O. The average molecular weight is 430 g/mol. The molecule has 30 heavy (non-hydrogen) atoms. The molecule has 0 amide bonds. The van der Waals surface area contributed by atoms with E-state index in [2.05, 4.69) is 31.2 Å². The van der Waals surface area contributed by atoms with Gasteiger partial charge in [0.1, 0.15) is 10.1 Å². The smallest absolute Gasteiger partial charge is 0.306 e. The number of nitrogens with zero attached hydrogens (tertiary/aromatic N) is 4. The lowest BCUT2D eigenvalue weighted by atomic mass is 9.89. The maximum Gasteiger partial charge on any atom is 0.306 e. The van der Waals surface area contributed by atoms with Gasteiger partial charge in [-0.1, -0.05) is 20.8 Å². The van der Waals surface area contributed by atoms with E-state index in [1.54, 1.807) is 31.1 Å². The van der Waals surface area contributed by atoms with Crippen molar-refractivity contribution in [2.24, 2.45) is 11.8 Å². The van der Waals surface area contributed by atoms with Gasteiger partial charge in [0.2, 0.25) is 0 Å². The monoisotopic (exact) mass is 429 g/mol. The Kier molecular flexibility index (Phi) is 8.04. The van der Waals surface area contributed by atoms with Crippen molar-refractivity contribution in [1.29, 1.82) is 0 Å². The van der Waals surface area contributed by atoms with Crippen LogP contribution in [0.5, 0.6) is 0 Å². The minimum atomic E-state index is -0.683. The van der Waals surface area contributed by atoms with Gasteiger partial charge in [-0.2, -0.15) is 0 Å². The van der Waals surface area contributed by atoms with Crippen molar-refractivity contribution in [2.45, 2.75) is 63.1 Å². The lowest BCUT2D eigenvalue weighted by Crippen LogP contribution is -2.33. The van der Waals surface area contributed by atoms with Crippen LogP contribution in [0.1, 0.15) is 52.0 Å². The van der Waals surface area contributed by atoms with Crippen molar-refractivity contribution in [1.82, 2.24) is 19.9 Å². The highest BCUT2D eigenvalue weighted by molar-refractivity contribution is 7.99. The number of fused-ring (bicyclic) bond motifs is 2. The minimum absolute atomic E-state index is 0.236. The van der Waals surface area contributed by atoms with Gasteiger partial charge in [-0.05, 0) is 68.1 Å². The molecular weight excluding hydrogens is 398 g/mol. The van der Waals surface area contributed by atoms with E-state index in [4.69, 9.17) is 5.11 Å². The van der Waals surface area contributed by atoms with Crippen LogP contribution in [0.3, 0.4) is 0 Å². The predicted octanol–water partition coefficient (Wildman–Crippen LogP) is 4.82. The third kappa shape index (κ3) is 5.70. The molecule has 4 heterocycles. The molecule has 1 unspecified atom stereocenters. The maximum atomic E-state index is 11.0. The van der Waals surface area contributed by atoms with Crippen LogP contribution in [0.15, 0.2) is 34.7 Å². The Morgan fingerprint density at radius 3 is 2.70 bits per heavy atom. The molecular formula is C22H31N5O2S. The molecule has 0 aliphatic carbocycles. The Morgan fingerprint density at radius 2 is 1.97 bits per heavy atom. The van der Waals surface area contributed by atoms with Crippen LogP contribution in [0.4, 0.5) is 11.5 Å². The molecule has 4 rings (SSSR count). The Bertz CT molecular complexity index is 855. The van der Waals surface area contributed by atoms with Crippen molar-refractivity contribution < 1.29 is 9.90 Å². The molecule has 0 saturated carbocycles. The molecule has 7 nitrogen and oxygen atoms in total. The van der Waals surface area contributed by atoms with Crippen LogP contribution < -0.4 is 5.32 Å². The first-order chi connectivity index (χ1) is 14.6. The summed E-state index contributed by atoms with van der Waals surface area (Å²) in [5.74, 6) is 0.515. The fourth-order valence-electron chi connectivity index (χ4n) is 3.76. The second-order valence-electron chi connectivity index (χ2n) is 7.67. The Morgan fingerprint density at radius 1 is 1.23 bits per heavy atom. The number of pyridine rings is 1. The summed E-state index contributed by atoms with van der Waals surface area (Å²) >= 11 is 1.54. The molecule has 0 spiro atoms. The number of aromatic nitrogens is 3. The molecule has 1 saturated heterocycles. The Labute approximate surface area is 182 Å². The van der Waals surface area contributed by atoms with Gasteiger partial charge in [0.15, 0.2) is 5.82 Å². The number of anilines is 2. The van der Waals surface area contributed by atoms with Gasteiger partial charge < -0.3 is 10.4 Å². The highest BCUT2D eigenvalue weighted by Crippen LogP contribution is 2.40. The Hall–Kier alpha value is -2.19. The lowest BCUT2D eigenvalue weighted by Gasteiger charge is -2.32. The summed E-state index contributed by atoms with van der Waals surface area (Å²) in [5.41, 5.74) is 2.19. The van der Waals surface area contributed by atoms with E-state index in [1.165, 1.54) is 5.56 Å². The normalized spacial score (nSPS) is 17.0. The van der Waals surface area contributed by atoms with Gasteiger partial charge in [-0.3, -0.25) is 9.69 Å². The number of carbonyl (C=O) groups is 1. The molecule has 2 N–H and O–H groups in total. The zero-order valence-corrected chi connectivity index (χ0v) is 18.8. The van der Waals surface area contributed by atoms with Gasteiger partial charge in [-0.15, -0.1) is 0 Å². The maximum absolute atomic E-state index is 11.0. The van der Waals surface area contributed by atoms with Crippen molar-refractivity contribution >= 4 is 29.2 Å². The lowest BCUT2D eigenvalue weighted by molar-refractivity contribution is -0.141. The number of hydrogen-bond donors (Lipinski definition) is 2. The first-order valence-corrected chi connectivity index (χ1v) is 11.6. The molecule has 2 aliphatic heterocycles. The van der Waals surface area contributed by atoms with E-state index in [9.17, 15) is 4.79 Å². The van der Waals surface area contributed by atoms with E-state index in [1.807, 2.05) is 20.0 Å². The number of hydrogen-bond acceptors (Lipinski definition) is 7. The first kappa shape index (κ1) is 22.5. The second-order valence-corrected chi connectivity index (χ2v) is 8.65. The summed E-state index contributed by atoms with van der Waals surface area (Å²) in [5, 5.41) is 14.2. The summed E-state index contributed by atoms with van der Waals surface area (Å²) in [7, 11) is 0. The Balaban J connectivity index is 0.00000124. The predicted molar refractivity (Wildman–Crippen MR) is 119 cm³/mol. The topological polar surface area (TPSA) is 91.2 Å². The van der Waals surface area contributed by atoms with Crippen LogP contribution in [0.25, 0.3) is 0 Å².